The maximum atomic E-state index is 13.9. The van der Waals surface area contributed by atoms with Gasteiger partial charge in [0.25, 0.3) is 0 Å². The Hall–Kier alpha value is -3.43. The largest absolute Gasteiger partial charge is 0.354 e. The van der Waals surface area contributed by atoms with E-state index < -0.39 is 34.3 Å². The standard InChI is InChI=1S/C29H33ClFN3O4S/c1-3-4-18-32-29(36)27(19-22-10-6-5-7-11-22)33(20-23-12-8-9-13-26(23)30)28(35)21-34(39(2,37)38)25-16-14-24(31)15-17-25/h5-17,27H,3-4,18-21H2,1-2H3,(H,32,36). The molecule has 3 rings (SSSR count). The Balaban J connectivity index is 2.03. The summed E-state index contributed by atoms with van der Waals surface area (Å²) in [6.45, 7) is 1.86. The summed E-state index contributed by atoms with van der Waals surface area (Å²) >= 11 is 6.43. The molecule has 2 amide bonds. The Morgan fingerprint density at radius 2 is 1.62 bits per heavy atom. The third-order valence-electron chi connectivity index (χ3n) is 6.19. The van der Waals surface area contributed by atoms with Crippen LogP contribution in [0.1, 0.15) is 30.9 Å². The summed E-state index contributed by atoms with van der Waals surface area (Å²) < 4.78 is 39.9. The van der Waals surface area contributed by atoms with Crippen LogP contribution < -0.4 is 9.62 Å². The lowest BCUT2D eigenvalue weighted by Crippen LogP contribution is -2.53. The van der Waals surface area contributed by atoms with Crippen LogP contribution in [0.2, 0.25) is 5.02 Å². The molecule has 1 N–H and O–H groups in total. The van der Waals surface area contributed by atoms with Gasteiger partial charge in [0.1, 0.15) is 18.4 Å². The van der Waals surface area contributed by atoms with Crippen LogP contribution in [-0.2, 0) is 32.6 Å². The molecule has 0 fully saturated rings. The maximum Gasteiger partial charge on any atom is 0.244 e. The minimum Gasteiger partial charge on any atom is -0.354 e. The van der Waals surface area contributed by atoms with Crippen molar-refractivity contribution in [3.63, 3.8) is 0 Å². The van der Waals surface area contributed by atoms with Gasteiger partial charge in [-0.15, -0.1) is 0 Å². The maximum absolute atomic E-state index is 13.9. The summed E-state index contributed by atoms with van der Waals surface area (Å²) in [6.07, 6.45) is 2.84. The zero-order valence-corrected chi connectivity index (χ0v) is 23.6. The first-order chi connectivity index (χ1) is 18.6. The van der Waals surface area contributed by atoms with Crippen LogP contribution in [0, 0.1) is 5.82 Å². The van der Waals surface area contributed by atoms with Crippen molar-refractivity contribution in [3.05, 3.63) is 101 Å². The van der Waals surface area contributed by atoms with Crippen molar-refractivity contribution < 1.29 is 22.4 Å². The fourth-order valence-corrected chi connectivity index (χ4v) is 5.14. The smallest absolute Gasteiger partial charge is 0.244 e. The molecule has 0 saturated carbocycles. The van der Waals surface area contributed by atoms with E-state index in [1.807, 2.05) is 37.3 Å². The van der Waals surface area contributed by atoms with Crippen LogP contribution in [0.25, 0.3) is 0 Å². The van der Waals surface area contributed by atoms with Crippen molar-refractivity contribution in [1.82, 2.24) is 10.2 Å². The molecule has 0 aliphatic carbocycles. The fraction of sp³-hybridized carbons (Fsp3) is 0.310. The van der Waals surface area contributed by atoms with E-state index in [9.17, 15) is 22.4 Å². The Morgan fingerprint density at radius 1 is 0.974 bits per heavy atom. The predicted molar refractivity (Wildman–Crippen MR) is 152 cm³/mol. The number of unbranched alkanes of at least 4 members (excludes halogenated alkanes) is 1. The predicted octanol–water partition coefficient (Wildman–Crippen LogP) is 4.80. The Morgan fingerprint density at radius 3 is 2.23 bits per heavy atom. The molecule has 0 spiro atoms. The van der Waals surface area contributed by atoms with Crippen LogP contribution in [0.15, 0.2) is 78.9 Å². The summed E-state index contributed by atoms with van der Waals surface area (Å²) in [5.74, 6) is -1.48. The number of nitrogens with zero attached hydrogens (tertiary/aromatic N) is 2. The molecule has 3 aromatic rings. The molecular weight excluding hydrogens is 541 g/mol. The van der Waals surface area contributed by atoms with Crippen molar-refractivity contribution in [1.29, 1.82) is 0 Å². The van der Waals surface area contributed by atoms with Crippen LogP contribution >= 0.6 is 11.6 Å². The topological polar surface area (TPSA) is 86.8 Å². The van der Waals surface area contributed by atoms with Gasteiger partial charge in [-0.25, -0.2) is 12.8 Å². The van der Waals surface area contributed by atoms with E-state index in [0.29, 0.717) is 17.1 Å². The van der Waals surface area contributed by atoms with Gasteiger partial charge in [-0.3, -0.25) is 13.9 Å². The summed E-state index contributed by atoms with van der Waals surface area (Å²) in [5, 5.41) is 3.34. The molecule has 0 bridgehead atoms. The normalized spacial score (nSPS) is 12.0. The molecule has 0 heterocycles. The van der Waals surface area contributed by atoms with Crippen molar-refractivity contribution >= 4 is 39.1 Å². The monoisotopic (exact) mass is 573 g/mol. The zero-order chi connectivity index (χ0) is 28.4. The second-order valence-corrected chi connectivity index (χ2v) is 11.5. The Kier molecular flexibility index (Phi) is 10.9. The molecule has 208 valence electrons. The molecule has 1 unspecified atom stereocenters. The van der Waals surface area contributed by atoms with E-state index >= 15 is 0 Å². The Bertz CT molecular complexity index is 1350. The third kappa shape index (κ3) is 8.80. The number of halogens is 2. The lowest BCUT2D eigenvalue weighted by molar-refractivity contribution is -0.140. The van der Waals surface area contributed by atoms with Crippen molar-refractivity contribution in [3.8, 4) is 0 Å². The van der Waals surface area contributed by atoms with Crippen LogP contribution in [0.5, 0.6) is 0 Å². The van der Waals surface area contributed by atoms with Crippen LogP contribution in [0.4, 0.5) is 10.1 Å². The van der Waals surface area contributed by atoms with E-state index in [0.717, 1.165) is 41.1 Å². The van der Waals surface area contributed by atoms with Gasteiger partial charge in [-0.2, -0.15) is 0 Å². The molecule has 0 saturated heterocycles. The number of nitrogens with one attached hydrogen (secondary N) is 1. The molecule has 0 radical (unpaired) electrons. The van der Waals surface area contributed by atoms with Crippen molar-refractivity contribution in [2.75, 3.05) is 23.7 Å². The zero-order valence-electron chi connectivity index (χ0n) is 22.0. The minimum atomic E-state index is -3.93. The summed E-state index contributed by atoms with van der Waals surface area (Å²) in [6, 6.07) is 20.2. The molecule has 10 heteroatoms. The molecule has 0 aromatic heterocycles. The van der Waals surface area contributed by atoms with Gasteiger partial charge in [-0.1, -0.05) is 73.5 Å². The second kappa shape index (κ2) is 14.1. The second-order valence-electron chi connectivity index (χ2n) is 9.21. The number of sulfonamides is 1. The third-order valence-corrected chi connectivity index (χ3v) is 7.70. The molecule has 0 aliphatic rings. The number of hydrogen-bond donors (Lipinski definition) is 1. The highest BCUT2D eigenvalue weighted by Gasteiger charge is 2.33. The summed E-state index contributed by atoms with van der Waals surface area (Å²) in [7, 11) is -3.93. The van der Waals surface area contributed by atoms with Gasteiger partial charge in [0.05, 0.1) is 11.9 Å². The number of anilines is 1. The highest BCUT2D eigenvalue weighted by atomic mass is 35.5. The van der Waals surface area contributed by atoms with Gasteiger partial charge in [0.15, 0.2) is 0 Å². The fourth-order valence-electron chi connectivity index (χ4n) is 4.09. The van der Waals surface area contributed by atoms with Gasteiger partial charge < -0.3 is 10.2 Å². The van der Waals surface area contributed by atoms with Gasteiger partial charge in [0.2, 0.25) is 21.8 Å². The lowest BCUT2D eigenvalue weighted by Gasteiger charge is -2.33. The first-order valence-electron chi connectivity index (χ1n) is 12.7. The highest BCUT2D eigenvalue weighted by molar-refractivity contribution is 7.92. The van der Waals surface area contributed by atoms with Gasteiger partial charge in [0, 0.05) is 24.5 Å². The Labute approximate surface area is 234 Å². The lowest BCUT2D eigenvalue weighted by atomic mass is 10.0. The first kappa shape index (κ1) is 30.1. The van der Waals surface area contributed by atoms with Gasteiger partial charge >= 0.3 is 0 Å². The van der Waals surface area contributed by atoms with Crippen LogP contribution in [0.3, 0.4) is 0 Å². The minimum absolute atomic E-state index is 0.0157. The molecule has 3 aromatic carbocycles. The number of hydrogen-bond acceptors (Lipinski definition) is 4. The van der Waals surface area contributed by atoms with Gasteiger partial charge in [-0.05, 0) is 47.9 Å². The average molecular weight is 574 g/mol. The van der Waals surface area contributed by atoms with E-state index in [1.54, 1.807) is 24.3 Å². The molecule has 39 heavy (non-hydrogen) atoms. The quantitative estimate of drug-likeness (QED) is 0.298. The van der Waals surface area contributed by atoms with E-state index in [-0.39, 0.29) is 24.6 Å². The average Bonchev–Trinajstić information content (AvgIpc) is 2.91. The number of rotatable bonds is 13. The number of carbonyl (C=O) groups excluding carboxylic acids is 2. The van der Waals surface area contributed by atoms with E-state index in [4.69, 9.17) is 11.6 Å². The van der Waals surface area contributed by atoms with Crippen molar-refractivity contribution in [2.45, 2.75) is 38.8 Å². The SMILES string of the molecule is CCCCNC(=O)C(Cc1ccccc1)N(Cc1ccccc1Cl)C(=O)CN(c1ccc(F)cc1)S(C)(=O)=O. The molecule has 0 aliphatic heterocycles. The molecule has 1 atom stereocenters. The summed E-state index contributed by atoms with van der Waals surface area (Å²) in [4.78, 5) is 28.8. The van der Waals surface area contributed by atoms with E-state index in [1.165, 1.54) is 17.0 Å². The van der Waals surface area contributed by atoms with Crippen LogP contribution in [-0.4, -0.2) is 50.5 Å². The highest BCUT2D eigenvalue weighted by Crippen LogP contribution is 2.23. The van der Waals surface area contributed by atoms with Crippen molar-refractivity contribution in [2.24, 2.45) is 0 Å². The first-order valence-corrected chi connectivity index (χ1v) is 14.9. The molecule has 7 nitrogen and oxygen atoms in total. The number of carbonyl (C=O) groups is 2. The number of benzene rings is 3. The molecular formula is C29H33ClFN3O4S. The van der Waals surface area contributed by atoms with E-state index in [2.05, 4.69) is 5.32 Å². The number of amides is 2. The summed E-state index contributed by atoms with van der Waals surface area (Å²) in [5.41, 5.74) is 1.58.